The van der Waals surface area contributed by atoms with Crippen LogP contribution in [0.4, 0.5) is 20.3 Å². The second-order valence-corrected chi connectivity index (χ2v) is 25.5. The minimum atomic E-state index is -2.09. The number of aliphatic hydroxyl groups excluding tert-OH is 1. The van der Waals surface area contributed by atoms with E-state index in [2.05, 4.69) is 41.4 Å². The average molecular weight is 1280 g/mol. The molecule has 91 heavy (non-hydrogen) atoms. The third kappa shape index (κ3) is 16.1. The summed E-state index contributed by atoms with van der Waals surface area (Å²) >= 11 is 1.46. The smallest absolute Gasteiger partial charge is 0.258 e. The van der Waals surface area contributed by atoms with Crippen LogP contribution in [-0.4, -0.2) is 213 Å². The predicted octanol–water partition coefficient (Wildman–Crippen LogP) is 4.39. The van der Waals surface area contributed by atoms with Crippen LogP contribution in [0, 0.1) is 18.2 Å². The van der Waals surface area contributed by atoms with Crippen molar-refractivity contribution in [3.8, 4) is 21.7 Å². The fourth-order valence-electron chi connectivity index (χ4n) is 11.6. The van der Waals surface area contributed by atoms with Crippen LogP contribution in [0.3, 0.4) is 0 Å². The summed E-state index contributed by atoms with van der Waals surface area (Å²) in [5, 5.41) is 29.5. The number of alkyl halides is 1. The van der Waals surface area contributed by atoms with E-state index in [1.165, 1.54) is 28.4 Å². The van der Waals surface area contributed by atoms with Gasteiger partial charge in [0.25, 0.3) is 11.8 Å². The summed E-state index contributed by atoms with van der Waals surface area (Å²) in [6.45, 7) is 11.1. The van der Waals surface area contributed by atoms with Crippen molar-refractivity contribution in [2.45, 2.75) is 101 Å². The van der Waals surface area contributed by atoms with E-state index >= 15 is 4.39 Å². The normalized spacial score (nSPS) is 18.9. The lowest BCUT2D eigenvalue weighted by atomic mass is 9.73. The first-order valence-corrected chi connectivity index (χ1v) is 31.7. The number of thiazole rings is 1. The van der Waals surface area contributed by atoms with Crippen LogP contribution in [-0.2, 0) is 42.9 Å². The number of nitrogens with one attached hydrogen (secondary N) is 5. The third-order valence-corrected chi connectivity index (χ3v) is 17.9. The number of H-pyrrole nitrogens is 1. The molecule has 0 spiro atoms. The Labute approximate surface area is 529 Å². The molecule has 0 radical (unpaired) electrons. The van der Waals surface area contributed by atoms with Gasteiger partial charge in [0.05, 0.1) is 111 Å². The highest BCUT2D eigenvalue weighted by Crippen LogP contribution is 2.47. The molecule has 2 aromatic carbocycles. The average Bonchev–Trinajstić information content (AvgIpc) is 1.75. The summed E-state index contributed by atoms with van der Waals surface area (Å²) < 4.78 is 55.1. The van der Waals surface area contributed by atoms with Gasteiger partial charge in [0, 0.05) is 94.0 Å². The predicted molar refractivity (Wildman–Crippen MR) is 332 cm³/mol. The standard InChI is InChI=1S/C63H80F2N14O11S/c1-39-53(91-38-70-39)42-9-5-40(6-10-42)46(63(59(66)85)31-45(80)35-79(63)58(84)54(61(2,3)4)75-60(86)62(65)13-14-62)30-51(81)67-15-21-87-23-25-89-27-28-90-26-24-88-22-16-68-52(82)37-76-17-19-77(20-18-76)57(83)43-11-12-48(47(64)29-43)73-55-56-69-34-50(44-32-71-72-33-44)78(56)36-49(74-55)41-7-8-41/h5-6,9-12,29,32-34,36,38,41,45-46,54,80H,7-8,13-28,30-31,35,37H2,1-4H3,(H2,66,85)(H,67,81)(H,68,82)(H,71,72)(H,73,74)(H,75,86)/t45?,46-,54+,63?/m0/s1. The Bertz CT molecular complexity index is 3530. The monoisotopic (exact) mass is 1280 g/mol. The second-order valence-electron chi connectivity index (χ2n) is 24.6. The number of ether oxygens (including phenoxy) is 4. The van der Waals surface area contributed by atoms with Crippen molar-refractivity contribution in [2.75, 3.05) is 111 Å². The number of imidazole rings is 1. The number of aromatic nitrogens is 6. The Hall–Kier alpha value is -7.86. The number of carbonyl (C=O) groups excluding carboxylic acids is 6. The molecule has 6 amide bonds. The fraction of sp³-hybridized carbons (Fsp3) is 0.524. The number of fused-ring (bicyclic) bond motifs is 1. The number of hydrogen-bond donors (Lipinski definition) is 7. The Balaban J connectivity index is 0.586. The van der Waals surface area contributed by atoms with Crippen LogP contribution in [0.25, 0.3) is 27.3 Å². The summed E-state index contributed by atoms with van der Waals surface area (Å²) in [6.07, 6.45) is 7.49. The molecule has 4 aromatic heterocycles. The van der Waals surface area contributed by atoms with Crippen LogP contribution in [0.2, 0.25) is 0 Å². The number of nitrogens with two attached hydrogens (primary N) is 1. The Morgan fingerprint density at radius 2 is 1.52 bits per heavy atom. The number of carbonyl (C=O) groups is 6. The molecule has 2 aliphatic carbocycles. The van der Waals surface area contributed by atoms with Crippen LogP contribution in [0.15, 0.2) is 72.8 Å². The van der Waals surface area contributed by atoms with Crippen molar-refractivity contribution in [1.29, 1.82) is 0 Å². The maximum atomic E-state index is 15.7. The molecule has 6 aromatic rings. The molecule has 4 fully saturated rings. The zero-order chi connectivity index (χ0) is 64.5. The molecule has 25 nitrogen and oxygen atoms in total. The van der Waals surface area contributed by atoms with E-state index in [1.807, 2.05) is 34.6 Å². The summed E-state index contributed by atoms with van der Waals surface area (Å²) in [6, 6.07) is 10.3. The van der Waals surface area contributed by atoms with Gasteiger partial charge in [0.1, 0.15) is 17.4 Å². The number of primary amides is 1. The van der Waals surface area contributed by atoms with Gasteiger partial charge in [-0.1, -0.05) is 45.0 Å². The second kappa shape index (κ2) is 29.2. The number of amides is 6. The number of anilines is 2. The number of piperazine rings is 1. The quantitative estimate of drug-likeness (QED) is 0.0297. The number of aromatic amines is 1. The first-order valence-electron chi connectivity index (χ1n) is 30.8. The largest absolute Gasteiger partial charge is 0.391 e. The summed E-state index contributed by atoms with van der Waals surface area (Å²) in [4.78, 5) is 101. The number of β-amino-alcohol motifs (C(OH)–C–C–N with tert-alkyl or cyclic N) is 1. The number of likely N-dealkylation sites (tertiary alicyclic amines) is 1. The van der Waals surface area contributed by atoms with E-state index in [9.17, 15) is 38.3 Å². The highest BCUT2D eigenvalue weighted by molar-refractivity contribution is 7.13. The topological polar surface area (TPSA) is 315 Å². The maximum absolute atomic E-state index is 15.7. The first-order chi connectivity index (χ1) is 43.7. The lowest BCUT2D eigenvalue weighted by Crippen LogP contribution is -2.65. The number of nitrogens with zero attached hydrogens (tertiary/aromatic N) is 8. The lowest BCUT2D eigenvalue weighted by Gasteiger charge is -2.44. The van der Waals surface area contributed by atoms with Gasteiger partial charge < -0.3 is 60.9 Å². The number of hydrogen-bond acceptors (Lipinski definition) is 18. The molecule has 2 saturated heterocycles. The zero-order valence-corrected chi connectivity index (χ0v) is 52.5. The van der Waals surface area contributed by atoms with Crippen molar-refractivity contribution < 1.29 is 61.6 Å². The summed E-state index contributed by atoms with van der Waals surface area (Å²) in [5.74, 6) is -4.46. The van der Waals surface area contributed by atoms with E-state index in [0.29, 0.717) is 82.1 Å². The molecular weight excluding hydrogens is 1200 g/mol. The Morgan fingerprint density at radius 1 is 0.857 bits per heavy atom. The van der Waals surface area contributed by atoms with Crippen molar-refractivity contribution in [3.63, 3.8) is 0 Å². The SMILES string of the molecule is Cc1ncsc1-c1ccc([C@H](CC(=O)NCCOCCOCCOCCOCCNC(=O)CN2CCN(C(=O)c3ccc(Nc4nc(C5CC5)cn5c(-c6cn[nH]c6)cnc45)c(F)c3)CC2)C2(C(N)=O)CC(O)CN2C(=O)[C@@H](NC(=O)C2(F)CC2)C(C)(C)C)cc1. The molecule has 4 atom stereocenters. The van der Waals surface area contributed by atoms with Crippen LogP contribution >= 0.6 is 11.3 Å². The van der Waals surface area contributed by atoms with Gasteiger partial charge >= 0.3 is 0 Å². The number of aryl methyl sites for hydroxylation is 1. The molecule has 0 bridgehead atoms. The molecule has 2 unspecified atom stereocenters. The Morgan fingerprint density at radius 3 is 2.10 bits per heavy atom. The van der Waals surface area contributed by atoms with E-state index in [4.69, 9.17) is 29.7 Å². The molecule has 2 aliphatic heterocycles. The van der Waals surface area contributed by atoms with Gasteiger partial charge in [-0.3, -0.25) is 43.2 Å². The molecular formula is C63H80F2N14O11S. The summed E-state index contributed by atoms with van der Waals surface area (Å²) in [7, 11) is 0. The molecule has 10 rings (SSSR count). The van der Waals surface area contributed by atoms with Gasteiger partial charge in [0.15, 0.2) is 17.1 Å². The minimum Gasteiger partial charge on any atom is -0.391 e. The molecule has 28 heteroatoms. The van der Waals surface area contributed by atoms with Gasteiger partial charge in [-0.2, -0.15) is 5.10 Å². The van der Waals surface area contributed by atoms with Gasteiger partial charge in [0.2, 0.25) is 23.6 Å². The minimum absolute atomic E-state index is 0.0270. The third-order valence-electron chi connectivity index (χ3n) is 16.9. The van der Waals surface area contributed by atoms with Crippen LogP contribution in [0.5, 0.6) is 0 Å². The Kier molecular flexibility index (Phi) is 21.2. The lowest BCUT2D eigenvalue weighted by molar-refractivity contribution is -0.151. The fourth-order valence-corrected chi connectivity index (χ4v) is 12.4. The summed E-state index contributed by atoms with van der Waals surface area (Å²) in [5.41, 5.74) is 8.70. The molecule has 2 saturated carbocycles. The highest BCUT2D eigenvalue weighted by atomic mass is 32.1. The molecule has 6 heterocycles. The molecule has 488 valence electrons. The zero-order valence-electron chi connectivity index (χ0n) is 51.6. The number of halogens is 2. The van der Waals surface area contributed by atoms with Crippen molar-refractivity contribution in [1.82, 2.24) is 60.2 Å². The van der Waals surface area contributed by atoms with E-state index < -0.39 is 64.1 Å². The van der Waals surface area contributed by atoms with E-state index in [0.717, 1.165) is 45.9 Å². The first kappa shape index (κ1) is 66.1. The van der Waals surface area contributed by atoms with Crippen LogP contribution in [0.1, 0.15) is 98.4 Å². The number of benzene rings is 2. The number of aliphatic hydroxyl groups is 1. The van der Waals surface area contributed by atoms with E-state index in [1.54, 1.807) is 68.0 Å². The highest BCUT2D eigenvalue weighted by Gasteiger charge is 2.60. The van der Waals surface area contributed by atoms with E-state index in [-0.39, 0.29) is 94.8 Å². The van der Waals surface area contributed by atoms with Crippen molar-refractivity contribution in [2.24, 2.45) is 11.1 Å². The maximum Gasteiger partial charge on any atom is 0.258 e. The molecule has 4 aliphatic rings. The van der Waals surface area contributed by atoms with Gasteiger partial charge in [-0.05, 0) is 67.3 Å². The van der Waals surface area contributed by atoms with Gasteiger partial charge in [-0.15, -0.1) is 11.3 Å². The van der Waals surface area contributed by atoms with Crippen molar-refractivity contribution in [3.05, 3.63) is 101 Å². The molecule has 8 N–H and O–H groups in total. The van der Waals surface area contributed by atoms with Crippen molar-refractivity contribution >= 4 is 63.9 Å². The van der Waals surface area contributed by atoms with Gasteiger partial charge in [-0.25, -0.2) is 23.7 Å². The van der Waals surface area contributed by atoms with Crippen LogP contribution < -0.4 is 27.0 Å². The number of rotatable bonds is 31.